The van der Waals surface area contributed by atoms with Gasteiger partial charge in [0.1, 0.15) is 5.52 Å². The van der Waals surface area contributed by atoms with Gasteiger partial charge in [0.2, 0.25) is 0 Å². The number of amides is 1. The normalized spacial score (nSPS) is 11.7. The quantitative estimate of drug-likeness (QED) is 0.566. The molecule has 1 aromatic heterocycles. The van der Waals surface area contributed by atoms with Gasteiger partial charge in [0.05, 0.1) is 10.0 Å². The number of nitrogens with one attached hydrogen (secondary N) is 1. The first kappa shape index (κ1) is 20.9. The third-order valence-electron chi connectivity index (χ3n) is 4.03. The molecule has 1 amide bonds. The van der Waals surface area contributed by atoms with E-state index >= 15 is 0 Å². The lowest BCUT2D eigenvalue weighted by atomic mass is 10.2. The molecule has 1 atom stereocenters. The largest absolute Gasteiger partial charge is 0.478 e. The number of esters is 1. The summed E-state index contributed by atoms with van der Waals surface area (Å²) in [4.78, 5) is 28.7. The second-order valence-corrected chi connectivity index (χ2v) is 7.11. The molecule has 0 radical (unpaired) electrons. The zero-order valence-electron chi connectivity index (χ0n) is 15.7. The molecule has 6 nitrogen and oxygen atoms in total. The zero-order valence-corrected chi connectivity index (χ0v) is 17.3. The Labute approximate surface area is 177 Å². The van der Waals surface area contributed by atoms with Crippen molar-refractivity contribution in [3.8, 4) is 5.75 Å². The number of hydrogen-bond donors (Lipinski definition) is 1. The number of benzene rings is 2. The number of carbonyl (C=O) groups excluding carboxylic acids is 2. The molecular weight excluding hydrogens is 415 g/mol. The highest BCUT2D eigenvalue weighted by Crippen LogP contribution is 2.37. The minimum atomic E-state index is -0.996. The van der Waals surface area contributed by atoms with E-state index in [-0.39, 0.29) is 10.8 Å². The standard InChI is InChI=1S/C21H18Cl2N2O4/c1-12-8-9-15-16(22)10-17(23)20(19(15)24-12)28-11-18(26)29-13(2)21(27)25-14-6-4-3-5-7-14/h3-10,13H,11H2,1-2H3,(H,25,27)/t13-/m0/s1. The van der Waals surface area contributed by atoms with Gasteiger partial charge in [-0.15, -0.1) is 0 Å². The first-order chi connectivity index (χ1) is 13.8. The topological polar surface area (TPSA) is 77.5 Å². The molecule has 2 aromatic carbocycles. The molecule has 0 saturated carbocycles. The summed E-state index contributed by atoms with van der Waals surface area (Å²) in [7, 11) is 0. The van der Waals surface area contributed by atoms with E-state index in [1.54, 1.807) is 30.3 Å². The van der Waals surface area contributed by atoms with Gasteiger partial charge in [-0.3, -0.25) is 4.79 Å². The Kier molecular flexibility index (Phi) is 6.56. The van der Waals surface area contributed by atoms with Crippen LogP contribution in [-0.4, -0.2) is 29.6 Å². The monoisotopic (exact) mass is 432 g/mol. The van der Waals surface area contributed by atoms with Crippen LogP contribution >= 0.6 is 23.2 Å². The van der Waals surface area contributed by atoms with Crippen LogP contribution in [-0.2, 0) is 14.3 Å². The number of ether oxygens (including phenoxy) is 2. The molecule has 3 aromatic rings. The molecule has 0 aliphatic rings. The highest BCUT2D eigenvalue weighted by atomic mass is 35.5. The Morgan fingerprint density at radius 1 is 1.10 bits per heavy atom. The summed E-state index contributed by atoms with van der Waals surface area (Å²) in [6.45, 7) is 2.86. The number of rotatable bonds is 6. The van der Waals surface area contributed by atoms with Crippen LogP contribution in [0, 0.1) is 6.92 Å². The number of pyridine rings is 1. The molecular formula is C21H18Cl2N2O4. The first-order valence-electron chi connectivity index (χ1n) is 8.78. The second kappa shape index (κ2) is 9.11. The van der Waals surface area contributed by atoms with Gasteiger partial charge in [-0.1, -0.05) is 41.4 Å². The molecule has 1 N–H and O–H groups in total. The first-order valence-corrected chi connectivity index (χ1v) is 9.54. The summed E-state index contributed by atoms with van der Waals surface area (Å²) in [6.07, 6.45) is -0.996. The van der Waals surface area contributed by atoms with Crippen molar-refractivity contribution >= 4 is 51.7 Å². The minimum Gasteiger partial charge on any atom is -0.478 e. The predicted molar refractivity (Wildman–Crippen MR) is 113 cm³/mol. The zero-order chi connectivity index (χ0) is 21.0. The molecule has 0 spiro atoms. The maximum Gasteiger partial charge on any atom is 0.344 e. The van der Waals surface area contributed by atoms with Crippen LogP contribution in [0.25, 0.3) is 10.9 Å². The number of aromatic nitrogens is 1. The lowest BCUT2D eigenvalue weighted by molar-refractivity contribution is -0.155. The van der Waals surface area contributed by atoms with E-state index in [9.17, 15) is 9.59 Å². The van der Waals surface area contributed by atoms with Gasteiger partial charge in [0, 0.05) is 16.8 Å². The fourth-order valence-electron chi connectivity index (χ4n) is 2.61. The van der Waals surface area contributed by atoms with Crippen molar-refractivity contribution in [3.05, 3.63) is 64.3 Å². The van der Waals surface area contributed by atoms with Crippen molar-refractivity contribution in [1.29, 1.82) is 0 Å². The highest BCUT2D eigenvalue weighted by Gasteiger charge is 2.20. The molecule has 1 heterocycles. The highest BCUT2D eigenvalue weighted by molar-refractivity contribution is 6.39. The van der Waals surface area contributed by atoms with Crippen LogP contribution in [0.15, 0.2) is 48.5 Å². The lowest BCUT2D eigenvalue weighted by Crippen LogP contribution is -2.31. The Morgan fingerprint density at radius 3 is 2.55 bits per heavy atom. The Hall–Kier alpha value is -2.83. The lowest BCUT2D eigenvalue weighted by Gasteiger charge is -2.15. The summed E-state index contributed by atoms with van der Waals surface area (Å²) in [5.74, 6) is -0.933. The predicted octanol–water partition coefficient (Wildman–Crippen LogP) is 4.80. The van der Waals surface area contributed by atoms with Gasteiger partial charge in [0.25, 0.3) is 5.91 Å². The molecule has 0 bridgehead atoms. The molecule has 0 aliphatic carbocycles. The van der Waals surface area contributed by atoms with Crippen LogP contribution in [0.5, 0.6) is 5.75 Å². The molecule has 3 rings (SSSR count). The van der Waals surface area contributed by atoms with Gasteiger partial charge in [-0.05, 0) is 44.2 Å². The number of nitrogens with zero attached hydrogens (tertiary/aromatic N) is 1. The molecule has 0 unspecified atom stereocenters. The molecule has 150 valence electrons. The number of halogens is 2. The SMILES string of the molecule is Cc1ccc2c(Cl)cc(Cl)c(OCC(=O)O[C@@H](C)C(=O)Nc3ccccc3)c2n1. The number of para-hydroxylation sites is 1. The van der Waals surface area contributed by atoms with Crippen molar-refractivity contribution in [2.24, 2.45) is 0 Å². The summed E-state index contributed by atoms with van der Waals surface area (Å²) in [6, 6.07) is 14.0. The molecule has 8 heteroatoms. The van der Waals surface area contributed by atoms with Crippen molar-refractivity contribution < 1.29 is 19.1 Å². The van der Waals surface area contributed by atoms with E-state index in [1.807, 2.05) is 19.1 Å². The van der Waals surface area contributed by atoms with Gasteiger partial charge in [-0.2, -0.15) is 0 Å². The van der Waals surface area contributed by atoms with Crippen LogP contribution in [0.4, 0.5) is 5.69 Å². The van der Waals surface area contributed by atoms with Crippen molar-refractivity contribution in [2.75, 3.05) is 11.9 Å². The molecule has 0 fully saturated rings. The number of carbonyl (C=O) groups is 2. The summed E-state index contributed by atoms with van der Waals surface area (Å²) >= 11 is 12.4. The average molecular weight is 433 g/mol. The van der Waals surface area contributed by atoms with Crippen LogP contribution in [0.3, 0.4) is 0 Å². The van der Waals surface area contributed by atoms with Gasteiger partial charge in [0.15, 0.2) is 18.5 Å². The Bertz CT molecular complexity index is 1060. The Balaban J connectivity index is 1.65. The summed E-state index contributed by atoms with van der Waals surface area (Å²) in [5.41, 5.74) is 1.80. The number of anilines is 1. The summed E-state index contributed by atoms with van der Waals surface area (Å²) < 4.78 is 10.7. The van der Waals surface area contributed by atoms with E-state index in [1.165, 1.54) is 13.0 Å². The fraction of sp³-hybridized carbons (Fsp3) is 0.190. The van der Waals surface area contributed by atoms with E-state index in [2.05, 4.69) is 10.3 Å². The van der Waals surface area contributed by atoms with Gasteiger partial charge in [-0.25, -0.2) is 9.78 Å². The van der Waals surface area contributed by atoms with E-state index in [0.717, 1.165) is 5.69 Å². The average Bonchev–Trinajstić information content (AvgIpc) is 2.68. The van der Waals surface area contributed by atoms with Gasteiger partial charge < -0.3 is 14.8 Å². The third-order valence-corrected chi connectivity index (χ3v) is 4.62. The Morgan fingerprint density at radius 2 is 1.83 bits per heavy atom. The molecule has 0 aliphatic heterocycles. The van der Waals surface area contributed by atoms with Crippen molar-refractivity contribution in [2.45, 2.75) is 20.0 Å². The van der Waals surface area contributed by atoms with E-state index in [0.29, 0.717) is 21.6 Å². The number of hydrogen-bond acceptors (Lipinski definition) is 5. The number of aryl methyl sites for hydroxylation is 1. The van der Waals surface area contributed by atoms with E-state index in [4.69, 9.17) is 32.7 Å². The van der Waals surface area contributed by atoms with Gasteiger partial charge >= 0.3 is 5.97 Å². The molecule has 0 saturated heterocycles. The van der Waals surface area contributed by atoms with Crippen LogP contribution in [0.2, 0.25) is 10.0 Å². The third kappa shape index (κ3) is 5.16. The van der Waals surface area contributed by atoms with Crippen LogP contribution < -0.4 is 10.1 Å². The van der Waals surface area contributed by atoms with Crippen molar-refractivity contribution in [1.82, 2.24) is 4.98 Å². The minimum absolute atomic E-state index is 0.225. The van der Waals surface area contributed by atoms with Crippen LogP contribution in [0.1, 0.15) is 12.6 Å². The fourth-order valence-corrected chi connectivity index (χ4v) is 3.18. The number of fused-ring (bicyclic) bond motifs is 1. The van der Waals surface area contributed by atoms with Crippen molar-refractivity contribution in [3.63, 3.8) is 0 Å². The second-order valence-electron chi connectivity index (χ2n) is 6.29. The maximum absolute atomic E-state index is 12.2. The smallest absolute Gasteiger partial charge is 0.344 e. The van der Waals surface area contributed by atoms with E-state index < -0.39 is 24.6 Å². The molecule has 29 heavy (non-hydrogen) atoms. The maximum atomic E-state index is 12.2. The summed E-state index contributed by atoms with van der Waals surface area (Å²) in [5, 5.41) is 3.97.